The van der Waals surface area contributed by atoms with Crippen LogP contribution in [0, 0.1) is 6.92 Å². The van der Waals surface area contributed by atoms with Crippen LogP contribution in [0.15, 0.2) is 72.8 Å². The van der Waals surface area contributed by atoms with Crippen LogP contribution in [0.4, 0.5) is 5.69 Å². The lowest BCUT2D eigenvalue weighted by Crippen LogP contribution is -2.12. The second kappa shape index (κ2) is 9.80. The van der Waals surface area contributed by atoms with E-state index in [1.54, 1.807) is 7.11 Å². The number of amides is 1. The Balaban J connectivity index is 1.40. The summed E-state index contributed by atoms with van der Waals surface area (Å²) in [6, 6.07) is 23.8. The largest absolute Gasteiger partial charge is 0.495 e. The van der Waals surface area contributed by atoms with E-state index in [4.69, 9.17) is 21.3 Å². The van der Waals surface area contributed by atoms with Gasteiger partial charge in [0.15, 0.2) is 0 Å². The van der Waals surface area contributed by atoms with E-state index in [-0.39, 0.29) is 5.91 Å². The third kappa shape index (κ3) is 4.86. The highest BCUT2D eigenvalue weighted by atomic mass is 35.5. The maximum Gasteiger partial charge on any atom is 0.224 e. The number of aryl methyl sites for hydroxylation is 2. The van der Waals surface area contributed by atoms with Crippen LogP contribution in [0.1, 0.15) is 24.0 Å². The lowest BCUT2D eigenvalue weighted by molar-refractivity contribution is -0.116. The Bertz CT molecular complexity index is 1540. The molecule has 0 aliphatic rings. The van der Waals surface area contributed by atoms with Crippen LogP contribution >= 0.6 is 11.6 Å². The van der Waals surface area contributed by atoms with Gasteiger partial charge in [-0.3, -0.25) is 4.79 Å². The number of rotatable bonds is 7. The number of nitrogens with one attached hydrogen (secondary N) is 2. The Morgan fingerprint density at radius 3 is 2.77 bits per heavy atom. The molecule has 0 spiro atoms. The van der Waals surface area contributed by atoms with Crippen molar-refractivity contribution < 1.29 is 9.53 Å². The molecule has 3 aromatic carbocycles. The minimum atomic E-state index is -0.0443. The molecule has 2 aromatic heterocycles. The number of aromatic amines is 1. The Labute approximate surface area is 209 Å². The first-order valence-electron chi connectivity index (χ1n) is 11.6. The van der Waals surface area contributed by atoms with E-state index in [2.05, 4.69) is 22.4 Å². The number of methoxy groups -OCH3 is 1. The molecule has 0 bridgehead atoms. The van der Waals surface area contributed by atoms with Crippen molar-refractivity contribution in [3.63, 3.8) is 0 Å². The van der Waals surface area contributed by atoms with Gasteiger partial charge >= 0.3 is 0 Å². The zero-order valence-corrected chi connectivity index (χ0v) is 20.4. The van der Waals surface area contributed by atoms with E-state index >= 15 is 0 Å². The number of carbonyl (C=O) groups excluding carboxylic acids is 1. The first-order valence-corrected chi connectivity index (χ1v) is 12.0. The summed E-state index contributed by atoms with van der Waals surface area (Å²) in [5.41, 5.74) is 6.66. The van der Waals surface area contributed by atoms with E-state index in [9.17, 15) is 4.79 Å². The van der Waals surface area contributed by atoms with Gasteiger partial charge in [-0.05, 0) is 73.4 Å². The molecule has 0 unspecified atom stereocenters. The molecule has 0 fully saturated rings. The highest BCUT2D eigenvalue weighted by Gasteiger charge is 2.16. The second-order valence-corrected chi connectivity index (χ2v) is 9.10. The summed E-state index contributed by atoms with van der Waals surface area (Å²) in [6.45, 7) is 1.99. The fourth-order valence-electron chi connectivity index (χ4n) is 4.46. The second-order valence-electron chi connectivity index (χ2n) is 8.66. The monoisotopic (exact) mass is 483 g/mol. The maximum atomic E-state index is 12.7. The lowest BCUT2D eigenvalue weighted by atomic mass is 10.0. The molecular formula is C29H26ClN3O2. The number of benzene rings is 3. The van der Waals surface area contributed by atoms with Gasteiger partial charge in [-0.25, -0.2) is 4.98 Å². The summed E-state index contributed by atoms with van der Waals surface area (Å²) in [5.74, 6) is 0.608. The summed E-state index contributed by atoms with van der Waals surface area (Å²) < 4.78 is 5.38. The molecule has 5 nitrogen and oxygen atoms in total. The third-order valence-electron chi connectivity index (χ3n) is 6.18. The van der Waals surface area contributed by atoms with Crippen LogP contribution in [0.3, 0.4) is 0 Å². The molecule has 0 radical (unpaired) electrons. The Morgan fingerprint density at radius 2 is 1.91 bits per heavy atom. The summed E-state index contributed by atoms with van der Waals surface area (Å²) in [7, 11) is 1.60. The predicted molar refractivity (Wildman–Crippen MR) is 143 cm³/mol. The van der Waals surface area contributed by atoms with Gasteiger partial charge in [-0.2, -0.15) is 0 Å². The summed E-state index contributed by atoms with van der Waals surface area (Å²) >= 11 is 6.33. The zero-order valence-electron chi connectivity index (χ0n) is 19.7. The van der Waals surface area contributed by atoms with E-state index in [1.165, 1.54) is 0 Å². The molecule has 1 amide bonds. The van der Waals surface area contributed by atoms with Gasteiger partial charge in [0, 0.05) is 27.7 Å². The highest BCUT2D eigenvalue weighted by molar-refractivity contribution is 6.31. The van der Waals surface area contributed by atoms with Crippen molar-refractivity contribution in [2.75, 3.05) is 12.4 Å². The number of hydrogen-bond donors (Lipinski definition) is 2. The Morgan fingerprint density at radius 1 is 1.06 bits per heavy atom. The average Bonchev–Trinajstić information content (AvgIpc) is 3.21. The average molecular weight is 484 g/mol. The van der Waals surface area contributed by atoms with E-state index < -0.39 is 0 Å². The van der Waals surface area contributed by atoms with Crippen LogP contribution in [0.5, 0.6) is 5.75 Å². The van der Waals surface area contributed by atoms with Gasteiger partial charge in [-0.1, -0.05) is 41.9 Å². The normalized spacial score (nSPS) is 11.2. The summed E-state index contributed by atoms with van der Waals surface area (Å²) in [4.78, 5) is 21.2. The number of halogens is 1. The number of nitrogens with zero attached hydrogens (tertiary/aromatic N) is 1. The Kier molecular flexibility index (Phi) is 6.43. The van der Waals surface area contributed by atoms with Crippen molar-refractivity contribution in [3.8, 4) is 17.1 Å². The molecule has 5 rings (SSSR count). The van der Waals surface area contributed by atoms with Gasteiger partial charge in [0.25, 0.3) is 0 Å². The maximum absolute atomic E-state index is 12.7. The lowest BCUT2D eigenvalue weighted by Gasteiger charge is -2.11. The molecule has 35 heavy (non-hydrogen) atoms. The number of carbonyl (C=O) groups is 1. The van der Waals surface area contributed by atoms with E-state index in [1.807, 2.05) is 67.6 Å². The number of para-hydroxylation sites is 1. The SMILES string of the molecule is COc1ccc(C)cc1NC(=O)CCCc1c(-c2ccc3ccccc3n2)[nH]c2ccc(Cl)cc12. The molecular weight excluding hydrogens is 458 g/mol. The smallest absolute Gasteiger partial charge is 0.224 e. The first-order chi connectivity index (χ1) is 17.0. The number of H-pyrrole nitrogens is 1. The van der Waals surface area contributed by atoms with Crippen molar-refractivity contribution in [1.29, 1.82) is 0 Å². The van der Waals surface area contributed by atoms with Crippen molar-refractivity contribution >= 4 is 45.0 Å². The highest BCUT2D eigenvalue weighted by Crippen LogP contribution is 2.33. The molecule has 0 aliphatic heterocycles. The molecule has 0 saturated carbocycles. The van der Waals surface area contributed by atoms with Gasteiger partial charge in [-0.15, -0.1) is 0 Å². The van der Waals surface area contributed by atoms with Crippen LogP contribution in [0.2, 0.25) is 5.02 Å². The van der Waals surface area contributed by atoms with Gasteiger partial charge < -0.3 is 15.0 Å². The fourth-order valence-corrected chi connectivity index (χ4v) is 4.63. The molecule has 0 aliphatic carbocycles. The molecule has 5 aromatic rings. The molecule has 2 N–H and O–H groups in total. The topological polar surface area (TPSA) is 67.0 Å². The van der Waals surface area contributed by atoms with Crippen LogP contribution in [0.25, 0.3) is 33.2 Å². The standard InChI is InChI=1S/C29H26ClN3O2/c1-18-10-15-27(35-2)26(16-18)32-28(34)9-5-7-21-22-17-20(30)12-14-24(22)33-29(21)25-13-11-19-6-3-4-8-23(19)31-25/h3-4,6,8,10-17,33H,5,7,9H2,1-2H3,(H,32,34). The summed E-state index contributed by atoms with van der Waals surface area (Å²) in [6.07, 6.45) is 1.78. The minimum absolute atomic E-state index is 0.0443. The van der Waals surface area contributed by atoms with Gasteiger partial charge in [0.05, 0.1) is 29.7 Å². The number of hydrogen-bond acceptors (Lipinski definition) is 3. The van der Waals surface area contributed by atoms with Crippen molar-refractivity contribution in [2.45, 2.75) is 26.2 Å². The number of ether oxygens (including phenoxy) is 1. The molecule has 6 heteroatoms. The zero-order chi connectivity index (χ0) is 24.4. The molecule has 176 valence electrons. The molecule has 2 heterocycles. The van der Waals surface area contributed by atoms with Crippen LogP contribution in [-0.4, -0.2) is 23.0 Å². The predicted octanol–water partition coefficient (Wildman–Crippen LogP) is 7.31. The summed E-state index contributed by atoms with van der Waals surface area (Å²) in [5, 5.41) is 5.83. The van der Waals surface area contributed by atoms with Gasteiger partial charge in [0.1, 0.15) is 5.75 Å². The number of anilines is 1. The first kappa shape index (κ1) is 22.9. The Hall–Kier alpha value is -3.83. The van der Waals surface area contributed by atoms with Crippen molar-refractivity contribution in [3.05, 3.63) is 88.9 Å². The third-order valence-corrected chi connectivity index (χ3v) is 6.42. The van der Waals surface area contributed by atoms with Gasteiger partial charge in [0.2, 0.25) is 5.91 Å². The quantitative estimate of drug-likeness (QED) is 0.255. The van der Waals surface area contributed by atoms with E-state index in [0.29, 0.717) is 35.7 Å². The van der Waals surface area contributed by atoms with Crippen LogP contribution < -0.4 is 10.1 Å². The number of pyridine rings is 1. The number of aromatic nitrogens is 2. The van der Waals surface area contributed by atoms with Crippen LogP contribution in [-0.2, 0) is 11.2 Å². The van der Waals surface area contributed by atoms with Crippen molar-refractivity contribution in [1.82, 2.24) is 9.97 Å². The molecule has 0 saturated heterocycles. The van der Waals surface area contributed by atoms with E-state index in [0.717, 1.165) is 44.3 Å². The number of fused-ring (bicyclic) bond motifs is 2. The molecule has 0 atom stereocenters. The minimum Gasteiger partial charge on any atom is -0.495 e. The van der Waals surface area contributed by atoms with Crippen molar-refractivity contribution in [2.24, 2.45) is 0 Å². The fraction of sp³-hybridized carbons (Fsp3) is 0.172.